The van der Waals surface area contributed by atoms with Gasteiger partial charge in [0, 0.05) is 18.6 Å². The minimum Gasteiger partial charge on any atom is -0.287 e. The van der Waals surface area contributed by atoms with Crippen LogP contribution in [0.4, 0.5) is 5.69 Å². The van der Waals surface area contributed by atoms with Crippen molar-refractivity contribution in [1.29, 1.82) is 0 Å². The highest BCUT2D eigenvalue weighted by Gasteiger charge is 2.05. The molecule has 0 bridgehead atoms. The number of halogens is 1. The van der Waals surface area contributed by atoms with E-state index in [1.807, 2.05) is 6.07 Å². The van der Waals surface area contributed by atoms with Crippen LogP contribution in [-0.2, 0) is 11.2 Å². The quantitative estimate of drug-likeness (QED) is 0.334. The van der Waals surface area contributed by atoms with Gasteiger partial charge in [0.15, 0.2) is 4.69 Å². The molecule has 0 aliphatic rings. The summed E-state index contributed by atoms with van der Waals surface area (Å²) in [7, 11) is 0. The minimum atomic E-state index is -0.382. The number of nitro groups is 1. The molecule has 0 aliphatic heterocycles. The molecule has 0 N–H and O–H groups in total. The summed E-state index contributed by atoms with van der Waals surface area (Å²) in [5, 5.41) is 10.6. The Balaban J connectivity index is 2.34. The zero-order chi connectivity index (χ0) is 12.7. The first-order valence-electron chi connectivity index (χ1n) is 5.51. The highest BCUT2D eigenvalue weighted by atomic mass is 79.9. The average molecular weight is 300 g/mol. The molecule has 0 saturated carbocycles. The van der Waals surface area contributed by atoms with Crippen LogP contribution >= 0.6 is 15.9 Å². The Bertz CT molecular complexity index is 406. The number of benzene rings is 1. The number of nitro benzene ring substituents is 1. The molecule has 0 aliphatic carbocycles. The normalized spacial score (nSPS) is 10.2. The molecule has 92 valence electrons. The van der Waals surface area contributed by atoms with Crippen LogP contribution in [0.1, 0.15) is 31.2 Å². The Kier molecular flexibility index (Phi) is 5.83. The van der Waals surface area contributed by atoms with Crippen molar-refractivity contribution in [2.45, 2.75) is 32.1 Å². The Morgan fingerprint density at radius 1 is 1.29 bits per heavy atom. The number of non-ortho nitro benzene ring substituents is 1. The molecule has 1 rings (SSSR count). The van der Waals surface area contributed by atoms with E-state index in [0.717, 1.165) is 31.2 Å². The summed E-state index contributed by atoms with van der Waals surface area (Å²) in [6.07, 6.45) is 4.13. The first-order valence-corrected chi connectivity index (χ1v) is 6.30. The van der Waals surface area contributed by atoms with Gasteiger partial charge in [0.2, 0.25) is 0 Å². The topological polar surface area (TPSA) is 60.2 Å². The molecule has 0 radical (unpaired) electrons. The predicted molar refractivity (Wildman–Crippen MR) is 69.2 cm³/mol. The van der Waals surface area contributed by atoms with E-state index in [-0.39, 0.29) is 15.3 Å². The van der Waals surface area contributed by atoms with Crippen molar-refractivity contribution in [3.05, 3.63) is 39.9 Å². The van der Waals surface area contributed by atoms with Crippen LogP contribution in [0.3, 0.4) is 0 Å². The number of hydrogen-bond donors (Lipinski definition) is 0. The van der Waals surface area contributed by atoms with E-state index in [4.69, 9.17) is 0 Å². The molecular formula is C12H14BrNO3. The summed E-state index contributed by atoms with van der Waals surface area (Å²) in [6.45, 7) is 0. The summed E-state index contributed by atoms with van der Waals surface area (Å²) < 4.78 is 0.0350. The van der Waals surface area contributed by atoms with Crippen LogP contribution in [0, 0.1) is 10.1 Å². The number of hydrogen-bond acceptors (Lipinski definition) is 3. The summed E-state index contributed by atoms with van der Waals surface area (Å²) in [5.74, 6) is 0. The van der Waals surface area contributed by atoms with Gasteiger partial charge in [-0.1, -0.05) is 18.6 Å². The maximum Gasteiger partial charge on any atom is 0.269 e. The molecule has 0 heterocycles. The van der Waals surface area contributed by atoms with E-state index >= 15 is 0 Å². The third-order valence-corrected chi connectivity index (χ3v) is 2.86. The summed E-state index contributed by atoms with van der Waals surface area (Å²) in [4.78, 5) is 20.8. The lowest BCUT2D eigenvalue weighted by atomic mass is 10.1. The summed E-state index contributed by atoms with van der Waals surface area (Å²) in [5.41, 5.74) is 1.11. The van der Waals surface area contributed by atoms with Gasteiger partial charge in [0.25, 0.3) is 5.69 Å². The van der Waals surface area contributed by atoms with Crippen LogP contribution in [0.5, 0.6) is 0 Å². The van der Waals surface area contributed by atoms with E-state index in [1.54, 1.807) is 12.1 Å². The molecule has 0 amide bonds. The Morgan fingerprint density at radius 3 is 2.71 bits per heavy atom. The molecule has 1 aromatic carbocycles. The SMILES string of the molecule is O=C(Br)CCCCCc1cccc([N+](=O)[O-])c1. The molecular weight excluding hydrogens is 286 g/mol. The molecule has 0 unspecified atom stereocenters. The molecule has 0 atom stereocenters. The summed E-state index contributed by atoms with van der Waals surface area (Å²) >= 11 is 2.88. The number of unbranched alkanes of at least 4 members (excludes halogenated alkanes) is 2. The molecule has 0 fully saturated rings. The van der Waals surface area contributed by atoms with Crippen LogP contribution in [0.2, 0.25) is 0 Å². The lowest BCUT2D eigenvalue weighted by molar-refractivity contribution is -0.384. The van der Waals surface area contributed by atoms with Gasteiger partial charge in [-0.3, -0.25) is 14.9 Å². The number of rotatable bonds is 7. The van der Waals surface area contributed by atoms with Crippen molar-refractivity contribution >= 4 is 26.3 Å². The highest BCUT2D eigenvalue weighted by molar-refractivity contribution is 9.18. The Hall–Kier alpha value is -1.23. The number of carbonyl (C=O) groups is 1. The largest absolute Gasteiger partial charge is 0.287 e. The second kappa shape index (κ2) is 7.17. The van der Waals surface area contributed by atoms with Gasteiger partial charge in [-0.15, -0.1) is 0 Å². The summed E-state index contributed by atoms with van der Waals surface area (Å²) in [6, 6.07) is 6.70. The fourth-order valence-corrected chi connectivity index (χ4v) is 1.88. The maximum absolute atomic E-state index is 10.6. The molecule has 1 aromatic rings. The van der Waals surface area contributed by atoms with E-state index in [2.05, 4.69) is 15.9 Å². The molecule has 5 heteroatoms. The smallest absolute Gasteiger partial charge is 0.269 e. The van der Waals surface area contributed by atoms with E-state index in [0.29, 0.717) is 6.42 Å². The standard InChI is InChI=1S/C12H14BrNO3/c13-12(15)8-3-1-2-5-10-6-4-7-11(9-10)14(16)17/h4,6-7,9H,1-3,5,8H2. The molecule has 0 aromatic heterocycles. The lowest BCUT2D eigenvalue weighted by Gasteiger charge is -2.01. The third kappa shape index (κ3) is 5.58. The number of aryl methyl sites for hydroxylation is 1. The van der Waals surface area contributed by atoms with E-state index in [9.17, 15) is 14.9 Å². The monoisotopic (exact) mass is 299 g/mol. The predicted octanol–water partition coefficient (Wildman–Crippen LogP) is 3.62. The van der Waals surface area contributed by atoms with Gasteiger partial charge in [-0.05, 0) is 40.8 Å². The van der Waals surface area contributed by atoms with Gasteiger partial charge in [-0.2, -0.15) is 0 Å². The van der Waals surface area contributed by atoms with Crippen LogP contribution in [0.15, 0.2) is 24.3 Å². The third-order valence-electron chi connectivity index (χ3n) is 2.46. The van der Waals surface area contributed by atoms with Crippen LogP contribution in [-0.4, -0.2) is 9.62 Å². The molecule has 0 saturated heterocycles. The van der Waals surface area contributed by atoms with Gasteiger partial charge in [0.1, 0.15) is 0 Å². The fourth-order valence-electron chi connectivity index (χ4n) is 1.60. The lowest BCUT2D eigenvalue weighted by Crippen LogP contribution is -1.91. The Labute approximate surface area is 108 Å². The zero-order valence-electron chi connectivity index (χ0n) is 9.39. The Morgan fingerprint density at radius 2 is 2.06 bits per heavy atom. The number of carbonyl (C=O) groups excluding carboxylic acids is 1. The first-order chi connectivity index (χ1) is 8.09. The van der Waals surface area contributed by atoms with Crippen molar-refractivity contribution in [2.75, 3.05) is 0 Å². The second-order valence-corrected chi connectivity index (χ2v) is 4.73. The van der Waals surface area contributed by atoms with E-state index < -0.39 is 0 Å². The van der Waals surface area contributed by atoms with E-state index in [1.165, 1.54) is 6.07 Å². The molecule has 17 heavy (non-hydrogen) atoms. The highest BCUT2D eigenvalue weighted by Crippen LogP contribution is 2.15. The van der Waals surface area contributed by atoms with Crippen molar-refractivity contribution in [3.63, 3.8) is 0 Å². The molecule has 4 nitrogen and oxygen atoms in total. The van der Waals surface area contributed by atoms with Crippen LogP contribution < -0.4 is 0 Å². The second-order valence-electron chi connectivity index (χ2n) is 3.84. The van der Waals surface area contributed by atoms with Gasteiger partial charge >= 0.3 is 0 Å². The zero-order valence-corrected chi connectivity index (χ0v) is 11.0. The van der Waals surface area contributed by atoms with Gasteiger partial charge in [0.05, 0.1) is 4.92 Å². The first kappa shape index (κ1) is 13.8. The van der Waals surface area contributed by atoms with Crippen molar-refractivity contribution in [3.8, 4) is 0 Å². The van der Waals surface area contributed by atoms with Gasteiger partial charge in [-0.25, -0.2) is 0 Å². The average Bonchev–Trinajstić information content (AvgIpc) is 2.28. The van der Waals surface area contributed by atoms with Crippen LogP contribution in [0.25, 0.3) is 0 Å². The van der Waals surface area contributed by atoms with Crippen molar-refractivity contribution in [2.24, 2.45) is 0 Å². The molecule has 0 spiro atoms. The maximum atomic E-state index is 10.6. The fraction of sp³-hybridized carbons (Fsp3) is 0.417. The number of nitrogens with zero attached hydrogens (tertiary/aromatic N) is 1. The van der Waals surface area contributed by atoms with Gasteiger partial charge < -0.3 is 0 Å². The minimum absolute atomic E-state index is 0.0350. The van der Waals surface area contributed by atoms with Crippen molar-refractivity contribution < 1.29 is 9.72 Å². The van der Waals surface area contributed by atoms with Crippen molar-refractivity contribution in [1.82, 2.24) is 0 Å².